The highest BCUT2D eigenvalue weighted by atomic mass is 15.2. The van der Waals surface area contributed by atoms with Gasteiger partial charge in [-0.25, -0.2) is 9.50 Å². The van der Waals surface area contributed by atoms with E-state index >= 15 is 0 Å². The highest BCUT2D eigenvalue weighted by Crippen LogP contribution is 2.44. The van der Waals surface area contributed by atoms with Gasteiger partial charge in [0.2, 0.25) is 0 Å². The number of hydrogen-bond acceptors (Lipinski definition) is 3. The molecule has 1 fully saturated rings. The lowest BCUT2D eigenvalue weighted by atomic mass is 10.1. The first-order valence-electron chi connectivity index (χ1n) is 6.66. The van der Waals surface area contributed by atoms with Gasteiger partial charge in [0, 0.05) is 18.9 Å². The summed E-state index contributed by atoms with van der Waals surface area (Å²) in [6.07, 6.45) is 6.35. The Hall–Kier alpha value is -1.58. The first-order valence-corrected chi connectivity index (χ1v) is 6.66. The fourth-order valence-corrected chi connectivity index (χ4v) is 2.05. The summed E-state index contributed by atoms with van der Waals surface area (Å²) in [7, 11) is 0. The largest absolute Gasteiger partial charge is 0.368 e. The van der Waals surface area contributed by atoms with Gasteiger partial charge in [-0.1, -0.05) is 20.8 Å². The summed E-state index contributed by atoms with van der Waals surface area (Å²) < 4.78 is 1.92. The minimum Gasteiger partial charge on any atom is -0.368 e. The smallest absolute Gasteiger partial charge is 0.152 e. The van der Waals surface area contributed by atoms with Crippen LogP contribution in [-0.4, -0.2) is 21.1 Å². The molecule has 2 aromatic rings. The molecule has 4 nitrogen and oxygen atoms in total. The Kier molecular flexibility index (Phi) is 2.54. The molecule has 1 aliphatic carbocycles. The van der Waals surface area contributed by atoms with Crippen molar-refractivity contribution in [1.29, 1.82) is 0 Å². The Morgan fingerprint density at radius 2 is 2.22 bits per heavy atom. The van der Waals surface area contributed by atoms with Gasteiger partial charge in [0.1, 0.15) is 5.52 Å². The van der Waals surface area contributed by atoms with Crippen LogP contribution >= 0.6 is 0 Å². The molecular formula is C14H20N4. The average molecular weight is 244 g/mol. The van der Waals surface area contributed by atoms with Crippen LogP contribution in [0, 0.1) is 5.41 Å². The molecule has 1 aliphatic rings. The third kappa shape index (κ3) is 2.07. The summed E-state index contributed by atoms with van der Waals surface area (Å²) >= 11 is 0. The van der Waals surface area contributed by atoms with Gasteiger partial charge in [-0.15, -0.1) is 0 Å². The molecule has 0 amide bonds. The fourth-order valence-electron chi connectivity index (χ4n) is 2.05. The maximum atomic E-state index is 4.57. The van der Waals surface area contributed by atoms with Gasteiger partial charge < -0.3 is 5.32 Å². The normalized spacial score (nSPS) is 17.3. The highest BCUT2D eigenvalue weighted by Gasteiger charge is 2.36. The van der Waals surface area contributed by atoms with Gasteiger partial charge in [-0.3, -0.25) is 0 Å². The van der Waals surface area contributed by atoms with E-state index in [4.69, 9.17) is 0 Å². The first-order chi connectivity index (χ1) is 8.57. The average Bonchev–Trinajstić information content (AvgIpc) is 2.92. The zero-order chi connectivity index (χ0) is 12.8. The quantitative estimate of drug-likeness (QED) is 0.898. The zero-order valence-corrected chi connectivity index (χ0v) is 11.3. The zero-order valence-electron chi connectivity index (χ0n) is 11.3. The number of aromatic nitrogens is 3. The molecule has 96 valence electrons. The van der Waals surface area contributed by atoms with Crippen LogP contribution in [0.5, 0.6) is 0 Å². The van der Waals surface area contributed by atoms with E-state index in [2.05, 4.69) is 42.2 Å². The van der Waals surface area contributed by atoms with Crippen LogP contribution in [0.25, 0.3) is 5.52 Å². The van der Waals surface area contributed by atoms with E-state index in [1.807, 2.05) is 16.9 Å². The molecule has 4 heteroatoms. The van der Waals surface area contributed by atoms with Crippen LogP contribution in [0.15, 0.2) is 18.5 Å². The lowest BCUT2D eigenvalue weighted by molar-refractivity contribution is 0.609. The summed E-state index contributed by atoms with van der Waals surface area (Å²) in [5.74, 6) is 1.39. The number of rotatable bonds is 4. The molecule has 18 heavy (non-hydrogen) atoms. The molecule has 0 saturated heterocycles. The van der Waals surface area contributed by atoms with Crippen LogP contribution < -0.4 is 5.32 Å². The van der Waals surface area contributed by atoms with E-state index in [1.54, 1.807) is 0 Å². The highest BCUT2D eigenvalue weighted by molar-refractivity contribution is 5.68. The topological polar surface area (TPSA) is 42.2 Å². The Bertz CT molecular complexity index is 566. The molecule has 0 bridgehead atoms. The molecule has 1 N–H and O–H groups in total. The second kappa shape index (κ2) is 3.97. The second-order valence-electron chi connectivity index (χ2n) is 5.99. The molecule has 1 saturated carbocycles. The molecule has 0 aliphatic heterocycles. The second-order valence-corrected chi connectivity index (χ2v) is 5.99. The molecular weight excluding hydrogens is 224 g/mol. The summed E-state index contributed by atoms with van der Waals surface area (Å²) in [6, 6.07) is 2.13. The van der Waals surface area contributed by atoms with Crippen LogP contribution in [0.3, 0.4) is 0 Å². The molecule has 3 rings (SSSR count). The maximum absolute atomic E-state index is 4.57. The van der Waals surface area contributed by atoms with E-state index in [0.717, 1.165) is 23.6 Å². The number of anilines is 1. The van der Waals surface area contributed by atoms with Crippen LogP contribution in [0.2, 0.25) is 0 Å². The maximum Gasteiger partial charge on any atom is 0.152 e. The van der Waals surface area contributed by atoms with E-state index < -0.39 is 0 Å². The van der Waals surface area contributed by atoms with E-state index in [9.17, 15) is 0 Å². The van der Waals surface area contributed by atoms with Gasteiger partial charge in [0.15, 0.2) is 5.82 Å². The SMILES string of the molecule is CC(C)c1cc2c(NCC3(C)CC3)nccn2n1. The third-order valence-corrected chi connectivity index (χ3v) is 3.79. The van der Waals surface area contributed by atoms with E-state index in [0.29, 0.717) is 11.3 Å². The monoisotopic (exact) mass is 244 g/mol. The third-order valence-electron chi connectivity index (χ3n) is 3.79. The van der Waals surface area contributed by atoms with Crippen molar-refractivity contribution in [2.45, 2.75) is 39.5 Å². The molecule has 2 heterocycles. The number of nitrogens with zero attached hydrogens (tertiary/aromatic N) is 3. The lowest BCUT2D eigenvalue weighted by Crippen LogP contribution is -2.13. The van der Waals surface area contributed by atoms with Crippen molar-refractivity contribution in [2.24, 2.45) is 5.41 Å². The number of fused-ring (bicyclic) bond motifs is 1. The van der Waals surface area contributed by atoms with Crippen molar-refractivity contribution in [2.75, 3.05) is 11.9 Å². The van der Waals surface area contributed by atoms with Crippen molar-refractivity contribution in [1.82, 2.24) is 14.6 Å². The summed E-state index contributed by atoms with van der Waals surface area (Å²) in [5, 5.41) is 8.04. The number of hydrogen-bond donors (Lipinski definition) is 1. The van der Waals surface area contributed by atoms with Crippen molar-refractivity contribution < 1.29 is 0 Å². The predicted octanol–water partition coefficient (Wildman–Crippen LogP) is 3.06. The van der Waals surface area contributed by atoms with Crippen molar-refractivity contribution in [3.63, 3.8) is 0 Å². The van der Waals surface area contributed by atoms with Crippen LogP contribution in [-0.2, 0) is 0 Å². The molecule has 2 aromatic heterocycles. The first kappa shape index (κ1) is 11.5. The Morgan fingerprint density at radius 3 is 2.89 bits per heavy atom. The fraction of sp³-hybridized carbons (Fsp3) is 0.571. The Balaban J connectivity index is 1.90. The predicted molar refractivity (Wildman–Crippen MR) is 72.9 cm³/mol. The summed E-state index contributed by atoms with van der Waals surface area (Å²) in [5.41, 5.74) is 2.67. The molecule has 0 aromatic carbocycles. The molecule has 0 radical (unpaired) electrons. The Labute approximate surface area is 107 Å². The van der Waals surface area contributed by atoms with Gasteiger partial charge in [0.25, 0.3) is 0 Å². The summed E-state index contributed by atoms with van der Waals surface area (Å²) in [4.78, 5) is 4.44. The summed E-state index contributed by atoms with van der Waals surface area (Å²) in [6.45, 7) is 7.64. The Morgan fingerprint density at radius 1 is 1.44 bits per heavy atom. The van der Waals surface area contributed by atoms with Crippen molar-refractivity contribution in [3.05, 3.63) is 24.2 Å². The molecule has 0 spiro atoms. The number of nitrogens with one attached hydrogen (secondary N) is 1. The lowest BCUT2D eigenvalue weighted by Gasteiger charge is -2.11. The minimum atomic E-state index is 0.443. The van der Waals surface area contributed by atoms with Gasteiger partial charge in [-0.2, -0.15) is 5.10 Å². The standard InChI is InChI=1S/C14H20N4/c1-10(2)11-8-12-13(15-6-7-18(12)17-11)16-9-14(3)4-5-14/h6-8,10H,4-5,9H2,1-3H3,(H,15,16). The van der Waals surface area contributed by atoms with Crippen molar-refractivity contribution in [3.8, 4) is 0 Å². The van der Waals surface area contributed by atoms with Crippen molar-refractivity contribution >= 4 is 11.3 Å². The van der Waals surface area contributed by atoms with Gasteiger partial charge in [-0.05, 0) is 30.2 Å². The molecule has 0 atom stereocenters. The van der Waals surface area contributed by atoms with Gasteiger partial charge >= 0.3 is 0 Å². The molecule has 0 unspecified atom stereocenters. The van der Waals surface area contributed by atoms with Crippen LogP contribution in [0.4, 0.5) is 5.82 Å². The van der Waals surface area contributed by atoms with Gasteiger partial charge in [0.05, 0.1) is 5.69 Å². The van der Waals surface area contributed by atoms with Crippen LogP contribution in [0.1, 0.15) is 45.2 Å². The van der Waals surface area contributed by atoms with E-state index in [-0.39, 0.29) is 0 Å². The minimum absolute atomic E-state index is 0.443. The van der Waals surface area contributed by atoms with E-state index in [1.165, 1.54) is 12.8 Å².